The molecule has 1 atom stereocenters. The fraction of sp³-hybridized carbons (Fsp3) is 0.214. The van der Waals surface area contributed by atoms with E-state index in [2.05, 4.69) is 22.0 Å². The van der Waals surface area contributed by atoms with Crippen molar-refractivity contribution in [2.45, 2.75) is 19.4 Å². The molecule has 2 N–H and O–H groups in total. The van der Waals surface area contributed by atoms with Gasteiger partial charge in [-0.25, -0.2) is 0 Å². The molecule has 0 saturated carbocycles. The first-order valence-electron chi connectivity index (χ1n) is 5.89. The zero-order chi connectivity index (χ0) is 12.5. The molecule has 0 saturated heterocycles. The number of hydrogen-bond acceptors (Lipinski definition) is 4. The maximum Gasteiger partial charge on any atom is 0.120 e. The van der Waals surface area contributed by atoms with Crippen molar-refractivity contribution < 1.29 is 5.11 Å². The quantitative estimate of drug-likeness (QED) is 0.868. The number of nitrogens with zero attached hydrogens (tertiary/aromatic N) is 1. The summed E-state index contributed by atoms with van der Waals surface area (Å²) in [6, 6.07) is 9.84. The van der Waals surface area contributed by atoms with E-state index in [9.17, 15) is 5.11 Å². The highest BCUT2D eigenvalue weighted by Crippen LogP contribution is 2.31. The summed E-state index contributed by atoms with van der Waals surface area (Å²) in [6.45, 7) is 2.03. The van der Waals surface area contributed by atoms with E-state index in [-0.39, 0.29) is 6.04 Å². The summed E-state index contributed by atoms with van der Waals surface area (Å²) in [5, 5.41) is 16.3. The van der Waals surface area contributed by atoms with E-state index in [0.717, 1.165) is 23.3 Å². The van der Waals surface area contributed by atoms with Crippen molar-refractivity contribution in [3.63, 3.8) is 0 Å². The van der Waals surface area contributed by atoms with Crippen molar-refractivity contribution in [2.75, 3.05) is 0 Å². The first kappa shape index (κ1) is 11.3. The predicted molar refractivity (Wildman–Crippen MR) is 74.2 cm³/mol. The highest BCUT2D eigenvalue weighted by atomic mass is 32.1. The number of hydrogen-bond donors (Lipinski definition) is 2. The van der Waals surface area contributed by atoms with Crippen molar-refractivity contribution in [2.24, 2.45) is 5.10 Å². The number of phenolic OH excluding ortho intramolecular Hbond substituents is 1. The lowest BCUT2D eigenvalue weighted by Crippen LogP contribution is -2.10. The van der Waals surface area contributed by atoms with Gasteiger partial charge < -0.3 is 10.5 Å². The molecular weight excluding hydrogens is 244 g/mol. The third kappa shape index (κ3) is 1.99. The van der Waals surface area contributed by atoms with Gasteiger partial charge in [-0.1, -0.05) is 23.8 Å². The Morgan fingerprint density at radius 3 is 3.06 bits per heavy atom. The van der Waals surface area contributed by atoms with Crippen LogP contribution in [0.2, 0.25) is 0 Å². The van der Waals surface area contributed by atoms with Crippen molar-refractivity contribution >= 4 is 17.0 Å². The second-order valence-corrected chi connectivity index (χ2v) is 5.43. The highest BCUT2D eigenvalue weighted by molar-refractivity contribution is 7.12. The van der Waals surface area contributed by atoms with E-state index < -0.39 is 0 Å². The van der Waals surface area contributed by atoms with Gasteiger partial charge in [-0.15, -0.1) is 11.3 Å². The minimum Gasteiger partial charge on any atom is -0.508 e. The van der Waals surface area contributed by atoms with E-state index in [1.165, 1.54) is 4.88 Å². The van der Waals surface area contributed by atoms with Crippen LogP contribution >= 0.6 is 11.3 Å². The minimum absolute atomic E-state index is 0.0713. The Hall–Kier alpha value is -1.81. The van der Waals surface area contributed by atoms with E-state index in [4.69, 9.17) is 0 Å². The van der Waals surface area contributed by atoms with Gasteiger partial charge in [0.15, 0.2) is 0 Å². The molecule has 2 aromatic rings. The van der Waals surface area contributed by atoms with E-state index in [1.807, 2.05) is 25.1 Å². The first-order chi connectivity index (χ1) is 8.74. The van der Waals surface area contributed by atoms with Crippen LogP contribution in [0.15, 0.2) is 40.8 Å². The van der Waals surface area contributed by atoms with Gasteiger partial charge >= 0.3 is 0 Å². The third-order valence-electron chi connectivity index (χ3n) is 3.12. The van der Waals surface area contributed by atoms with Gasteiger partial charge in [-0.05, 0) is 24.4 Å². The van der Waals surface area contributed by atoms with Crippen LogP contribution in [-0.4, -0.2) is 10.8 Å². The standard InChI is InChI=1S/C14H14N2OS/c1-9-4-5-13(17)10(7-9)11-8-12(16-15-11)14-3-2-6-18-14/h2-7,11,15,17H,8H2,1H3. The molecule has 0 spiro atoms. The molecule has 1 unspecified atom stereocenters. The van der Waals surface area contributed by atoms with Crippen molar-refractivity contribution in [1.82, 2.24) is 5.43 Å². The number of hydrazone groups is 1. The average Bonchev–Trinajstić information content (AvgIpc) is 3.00. The summed E-state index contributed by atoms with van der Waals surface area (Å²) < 4.78 is 0. The molecule has 0 radical (unpaired) electrons. The Balaban J connectivity index is 1.84. The largest absolute Gasteiger partial charge is 0.508 e. The van der Waals surface area contributed by atoms with Crippen LogP contribution in [0.3, 0.4) is 0 Å². The maximum absolute atomic E-state index is 9.92. The van der Waals surface area contributed by atoms with Crippen LogP contribution < -0.4 is 5.43 Å². The Labute approximate surface area is 110 Å². The number of nitrogens with one attached hydrogen (secondary N) is 1. The van der Waals surface area contributed by atoms with Gasteiger partial charge in [0.2, 0.25) is 0 Å². The van der Waals surface area contributed by atoms with E-state index >= 15 is 0 Å². The molecule has 3 rings (SSSR count). The molecule has 1 aromatic carbocycles. The van der Waals surface area contributed by atoms with Gasteiger partial charge in [-0.3, -0.25) is 0 Å². The smallest absolute Gasteiger partial charge is 0.120 e. The molecule has 18 heavy (non-hydrogen) atoms. The Morgan fingerprint density at radius 2 is 2.28 bits per heavy atom. The minimum atomic E-state index is 0.0713. The fourth-order valence-corrected chi connectivity index (χ4v) is 2.90. The summed E-state index contributed by atoms with van der Waals surface area (Å²) in [4.78, 5) is 1.19. The highest BCUT2D eigenvalue weighted by Gasteiger charge is 2.23. The fourth-order valence-electron chi connectivity index (χ4n) is 2.17. The maximum atomic E-state index is 9.92. The molecule has 1 aliphatic rings. The summed E-state index contributed by atoms with van der Waals surface area (Å²) in [7, 11) is 0. The summed E-state index contributed by atoms with van der Waals surface area (Å²) in [5.41, 5.74) is 6.25. The van der Waals surface area contributed by atoms with Crippen LogP contribution in [-0.2, 0) is 0 Å². The van der Waals surface area contributed by atoms with Gasteiger partial charge in [0, 0.05) is 12.0 Å². The number of rotatable bonds is 2. The van der Waals surface area contributed by atoms with Crippen LogP contribution in [0.25, 0.3) is 0 Å². The lowest BCUT2D eigenvalue weighted by atomic mass is 9.99. The third-order valence-corrected chi connectivity index (χ3v) is 4.04. The molecular formula is C14H14N2OS. The normalized spacial score (nSPS) is 18.5. The van der Waals surface area contributed by atoms with Gasteiger partial charge in [0.05, 0.1) is 16.6 Å². The molecule has 0 aliphatic carbocycles. The molecule has 92 valence electrons. The molecule has 0 fully saturated rings. The van der Waals surface area contributed by atoms with Gasteiger partial charge in [-0.2, -0.15) is 5.10 Å². The number of aromatic hydroxyl groups is 1. The van der Waals surface area contributed by atoms with Gasteiger partial charge in [0.25, 0.3) is 0 Å². The summed E-state index contributed by atoms with van der Waals surface area (Å²) >= 11 is 1.69. The number of phenols is 1. The van der Waals surface area contributed by atoms with Crippen LogP contribution in [0.5, 0.6) is 5.75 Å². The Morgan fingerprint density at radius 1 is 1.39 bits per heavy atom. The molecule has 1 aromatic heterocycles. The predicted octanol–water partition coefficient (Wildman–Crippen LogP) is 3.20. The van der Waals surface area contributed by atoms with Crippen molar-refractivity contribution in [1.29, 1.82) is 0 Å². The molecule has 0 bridgehead atoms. The molecule has 2 heterocycles. The topological polar surface area (TPSA) is 44.6 Å². The molecule has 1 aliphatic heterocycles. The second kappa shape index (κ2) is 4.46. The zero-order valence-corrected chi connectivity index (χ0v) is 10.9. The van der Waals surface area contributed by atoms with Crippen molar-refractivity contribution in [3.05, 3.63) is 51.7 Å². The Kier molecular flexibility index (Phi) is 2.80. The zero-order valence-electron chi connectivity index (χ0n) is 10.1. The SMILES string of the molecule is Cc1ccc(O)c(C2CC(c3cccs3)=NN2)c1. The monoisotopic (exact) mass is 258 g/mol. The van der Waals surface area contributed by atoms with E-state index in [0.29, 0.717) is 5.75 Å². The van der Waals surface area contributed by atoms with Crippen LogP contribution in [0.1, 0.15) is 28.5 Å². The van der Waals surface area contributed by atoms with E-state index in [1.54, 1.807) is 17.4 Å². The molecule has 4 heteroatoms. The number of thiophene rings is 1. The molecule has 0 amide bonds. The molecule has 3 nitrogen and oxygen atoms in total. The van der Waals surface area contributed by atoms with Crippen molar-refractivity contribution in [3.8, 4) is 5.75 Å². The summed E-state index contributed by atoms with van der Waals surface area (Å²) in [5.74, 6) is 0.334. The lowest BCUT2D eigenvalue weighted by molar-refractivity contribution is 0.455. The summed E-state index contributed by atoms with van der Waals surface area (Å²) in [6.07, 6.45) is 0.817. The van der Waals surface area contributed by atoms with Gasteiger partial charge in [0.1, 0.15) is 5.75 Å². The lowest BCUT2D eigenvalue weighted by Gasteiger charge is -2.12. The Bertz CT molecular complexity index is 590. The van der Waals surface area contributed by atoms with Crippen LogP contribution in [0, 0.1) is 6.92 Å². The number of aryl methyl sites for hydroxylation is 1. The second-order valence-electron chi connectivity index (χ2n) is 4.48. The average molecular weight is 258 g/mol. The van der Waals surface area contributed by atoms with Crippen LogP contribution in [0.4, 0.5) is 0 Å². The first-order valence-corrected chi connectivity index (χ1v) is 6.77. The number of benzene rings is 1.